The third kappa shape index (κ3) is 4.11. The highest BCUT2D eigenvalue weighted by Crippen LogP contribution is 2.14. The van der Waals surface area contributed by atoms with E-state index < -0.39 is 0 Å². The molecule has 0 amide bonds. The Balaban J connectivity index is 2.56. The molecule has 0 fully saturated rings. The molecule has 0 aliphatic carbocycles. The second kappa shape index (κ2) is 5.62. The Morgan fingerprint density at radius 3 is 2.77 bits per heavy atom. The lowest BCUT2D eigenvalue weighted by atomic mass is 10.4. The van der Waals surface area contributed by atoms with Crippen molar-refractivity contribution in [3.63, 3.8) is 0 Å². The van der Waals surface area contributed by atoms with Crippen molar-refractivity contribution in [1.29, 1.82) is 0 Å². The molecule has 1 aromatic rings. The molecule has 0 bridgehead atoms. The molecule has 1 N–H and O–H groups in total. The monoisotopic (exact) mass is 283 g/mol. The van der Waals surface area contributed by atoms with Crippen LogP contribution in [0.1, 0.15) is 6.42 Å². The molecule has 0 radical (unpaired) electrons. The van der Waals surface area contributed by atoms with Crippen LogP contribution in [0.5, 0.6) is 0 Å². The summed E-state index contributed by atoms with van der Waals surface area (Å²) in [4.78, 5) is 7.68. The minimum Gasteiger partial charge on any atom is -0.370 e. The number of nitrogens with zero attached hydrogens (tertiary/aromatic N) is 2. The zero-order valence-corrected chi connectivity index (χ0v) is 9.82. The van der Waals surface area contributed by atoms with Gasteiger partial charge in [0.15, 0.2) is 0 Å². The van der Waals surface area contributed by atoms with E-state index >= 15 is 0 Å². The van der Waals surface area contributed by atoms with Gasteiger partial charge in [-0.2, -0.15) is 0 Å². The molecule has 0 aliphatic rings. The number of anilines is 1. The van der Waals surface area contributed by atoms with Crippen LogP contribution >= 0.6 is 39.1 Å². The highest BCUT2D eigenvalue weighted by Gasteiger charge is 1.99. The van der Waals surface area contributed by atoms with Gasteiger partial charge in [-0.25, -0.2) is 9.97 Å². The summed E-state index contributed by atoms with van der Waals surface area (Å²) in [6, 6.07) is 1.64. The first kappa shape index (κ1) is 11.0. The topological polar surface area (TPSA) is 37.8 Å². The minimum absolute atomic E-state index is 0.161. The summed E-state index contributed by atoms with van der Waals surface area (Å²) in [6.07, 6.45) is 1.01. The maximum Gasteiger partial charge on any atom is 0.225 e. The van der Waals surface area contributed by atoms with Gasteiger partial charge in [0.1, 0.15) is 11.0 Å². The van der Waals surface area contributed by atoms with E-state index in [0.717, 1.165) is 18.3 Å². The number of rotatable bonds is 4. The first-order valence-corrected chi connectivity index (χ1v) is 5.60. The van der Waals surface area contributed by atoms with E-state index in [-0.39, 0.29) is 5.28 Å². The quantitative estimate of drug-likeness (QED) is 0.400. The summed E-state index contributed by atoms with van der Waals surface area (Å²) in [5.74, 6) is 0.658. The Hall–Kier alpha value is -0.0600. The van der Waals surface area contributed by atoms with Crippen LogP contribution in [0.3, 0.4) is 0 Å². The number of hydrogen-bond acceptors (Lipinski definition) is 3. The molecule has 1 rings (SSSR count). The molecule has 0 aliphatic heterocycles. The minimum atomic E-state index is 0.161. The second-order valence-electron chi connectivity index (χ2n) is 2.31. The molecule has 13 heavy (non-hydrogen) atoms. The van der Waals surface area contributed by atoms with E-state index in [2.05, 4.69) is 31.2 Å². The van der Waals surface area contributed by atoms with Gasteiger partial charge in [-0.05, 0) is 18.0 Å². The van der Waals surface area contributed by atoms with Gasteiger partial charge in [0, 0.05) is 17.9 Å². The molecule has 72 valence electrons. The molecule has 0 atom stereocenters. The SMILES string of the molecule is Clc1cc(NCCCBr)nc(Cl)n1. The van der Waals surface area contributed by atoms with Crippen LogP contribution in [-0.2, 0) is 0 Å². The molecule has 0 unspecified atom stereocenters. The van der Waals surface area contributed by atoms with Crippen LogP contribution in [0.15, 0.2) is 6.07 Å². The van der Waals surface area contributed by atoms with Crippen LogP contribution in [0.4, 0.5) is 5.82 Å². The fourth-order valence-electron chi connectivity index (χ4n) is 0.764. The molecule has 0 aromatic carbocycles. The van der Waals surface area contributed by atoms with Gasteiger partial charge in [0.05, 0.1) is 0 Å². The summed E-state index contributed by atoms with van der Waals surface area (Å²) >= 11 is 14.6. The third-order valence-corrected chi connectivity index (χ3v) is 2.21. The normalized spacial score (nSPS) is 10.1. The van der Waals surface area contributed by atoms with Gasteiger partial charge >= 0.3 is 0 Å². The lowest BCUT2D eigenvalue weighted by Gasteiger charge is -2.03. The number of hydrogen-bond donors (Lipinski definition) is 1. The summed E-state index contributed by atoms with van der Waals surface area (Å²) in [6.45, 7) is 0.828. The highest BCUT2D eigenvalue weighted by atomic mass is 79.9. The van der Waals surface area contributed by atoms with E-state index in [0.29, 0.717) is 11.0 Å². The van der Waals surface area contributed by atoms with Gasteiger partial charge < -0.3 is 5.32 Å². The van der Waals surface area contributed by atoms with Crippen molar-refractivity contribution in [2.75, 3.05) is 17.2 Å². The molecule has 0 saturated carbocycles. The first-order chi connectivity index (χ1) is 6.22. The van der Waals surface area contributed by atoms with Gasteiger partial charge in [0.2, 0.25) is 5.28 Å². The van der Waals surface area contributed by atoms with E-state index in [1.54, 1.807) is 6.07 Å². The van der Waals surface area contributed by atoms with Gasteiger partial charge in [-0.15, -0.1) is 0 Å². The summed E-state index contributed by atoms with van der Waals surface area (Å²) in [7, 11) is 0. The van der Waals surface area contributed by atoms with Crippen molar-refractivity contribution in [3.05, 3.63) is 16.5 Å². The van der Waals surface area contributed by atoms with Crippen molar-refractivity contribution < 1.29 is 0 Å². The average Bonchev–Trinajstić information content (AvgIpc) is 2.03. The first-order valence-electron chi connectivity index (χ1n) is 3.72. The lowest BCUT2D eigenvalue weighted by Crippen LogP contribution is -2.04. The molecule has 0 spiro atoms. The fourth-order valence-corrected chi connectivity index (χ4v) is 1.45. The van der Waals surface area contributed by atoms with E-state index in [9.17, 15) is 0 Å². The Kier molecular flexibility index (Phi) is 4.77. The van der Waals surface area contributed by atoms with Gasteiger partial charge in [0.25, 0.3) is 0 Å². The number of halogens is 3. The zero-order valence-electron chi connectivity index (χ0n) is 6.73. The standard InChI is InChI=1S/C7H8BrCl2N3/c8-2-1-3-11-6-4-5(9)12-7(10)13-6/h4H,1-3H2,(H,11,12,13). The Morgan fingerprint density at radius 1 is 1.38 bits per heavy atom. The largest absolute Gasteiger partial charge is 0.370 e. The van der Waals surface area contributed by atoms with Crippen LogP contribution in [0.25, 0.3) is 0 Å². The average molecular weight is 285 g/mol. The predicted molar refractivity (Wildman–Crippen MR) is 59.0 cm³/mol. The van der Waals surface area contributed by atoms with Crippen molar-refractivity contribution in [2.45, 2.75) is 6.42 Å². The molecule has 1 heterocycles. The Labute approximate surface area is 95.0 Å². The van der Waals surface area contributed by atoms with Crippen molar-refractivity contribution in [1.82, 2.24) is 9.97 Å². The smallest absolute Gasteiger partial charge is 0.225 e. The number of aromatic nitrogens is 2. The lowest BCUT2D eigenvalue weighted by molar-refractivity contribution is 0.982. The van der Waals surface area contributed by atoms with Crippen LogP contribution in [-0.4, -0.2) is 21.8 Å². The van der Waals surface area contributed by atoms with Crippen molar-refractivity contribution in [3.8, 4) is 0 Å². The molecule has 6 heteroatoms. The van der Waals surface area contributed by atoms with Crippen LogP contribution in [0.2, 0.25) is 10.4 Å². The molecule has 0 saturated heterocycles. The molecule has 1 aromatic heterocycles. The Bertz CT molecular complexity index is 262. The predicted octanol–water partition coefficient (Wildman–Crippen LogP) is 2.98. The number of alkyl halides is 1. The van der Waals surface area contributed by atoms with E-state index in [4.69, 9.17) is 23.2 Å². The molecule has 3 nitrogen and oxygen atoms in total. The highest BCUT2D eigenvalue weighted by molar-refractivity contribution is 9.09. The van der Waals surface area contributed by atoms with Crippen molar-refractivity contribution in [2.24, 2.45) is 0 Å². The van der Waals surface area contributed by atoms with E-state index in [1.165, 1.54) is 0 Å². The fraction of sp³-hybridized carbons (Fsp3) is 0.429. The summed E-state index contributed by atoms with van der Waals surface area (Å²) in [5.41, 5.74) is 0. The Morgan fingerprint density at radius 2 is 2.15 bits per heavy atom. The maximum absolute atomic E-state index is 5.68. The van der Waals surface area contributed by atoms with Crippen LogP contribution < -0.4 is 5.32 Å². The summed E-state index contributed by atoms with van der Waals surface area (Å²) < 4.78 is 0. The second-order valence-corrected chi connectivity index (χ2v) is 3.83. The molecular formula is C7H8BrCl2N3. The van der Waals surface area contributed by atoms with Gasteiger partial charge in [-0.1, -0.05) is 27.5 Å². The maximum atomic E-state index is 5.68. The van der Waals surface area contributed by atoms with Crippen molar-refractivity contribution >= 4 is 44.9 Å². The third-order valence-electron chi connectivity index (χ3n) is 1.28. The molecular weight excluding hydrogens is 277 g/mol. The summed E-state index contributed by atoms with van der Waals surface area (Å²) in [5, 5.41) is 4.54. The van der Waals surface area contributed by atoms with Crippen LogP contribution in [0, 0.1) is 0 Å². The van der Waals surface area contributed by atoms with E-state index in [1.807, 2.05) is 0 Å². The zero-order chi connectivity index (χ0) is 9.68. The van der Waals surface area contributed by atoms with Gasteiger partial charge in [-0.3, -0.25) is 0 Å². The number of nitrogens with one attached hydrogen (secondary N) is 1.